The highest BCUT2D eigenvalue weighted by Gasteiger charge is 2.24. The number of sulfone groups is 1. The Balaban J connectivity index is 1.80. The molecule has 6 nitrogen and oxygen atoms in total. The molecular weight excluding hydrogens is 431 g/mol. The Morgan fingerprint density at radius 2 is 1.62 bits per heavy atom. The van der Waals surface area contributed by atoms with Gasteiger partial charge in [0.2, 0.25) is 21.2 Å². The normalized spacial score (nSPS) is 11.4. The van der Waals surface area contributed by atoms with Gasteiger partial charge in [0, 0.05) is 17.3 Å². The molecule has 162 valence electrons. The van der Waals surface area contributed by atoms with Gasteiger partial charge in [-0.25, -0.2) is 12.8 Å². The van der Waals surface area contributed by atoms with Crippen LogP contribution in [-0.2, 0) is 21.2 Å². The minimum absolute atomic E-state index is 0.166. The second-order valence-corrected chi connectivity index (χ2v) is 9.21. The van der Waals surface area contributed by atoms with Crippen LogP contribution >= 0.6 is 0 Å². The summed E-state index contributed by atoms with van der Waals surface area (Å²) < 4.78 is 41.0. The van der Waals surface area contributed by atoms with E-state index in [-0.39, 0.29) is 22.7 Å². The van der Waals surface area contributed by atoms with E-state index in [0.29, 0.717) is 11.2 Å². The first kappa shape index (κ1) is 21.5. The van der Waals surface area contributed by atoms with Crippen molar-refractivity contribution in [3.8, 4) is 0 Å². The highest BCUT2D eigenvalue weighted by molar-refractivity contribution is 7.91. The number of aromatic nitrogens is 1. The van der Waals surface area contributed by atoms with Crippen molar-refractivity contribution in [3.63, 3.8) is 0 Å². The third kappa shape index (κ3) is 4.04. The predicted molar refractivity (Wildman–Crippen MR) is 120 cm³/mol. The first-order valence-electron chi connectivity index (χ1n) is 9.76. The highest BCUT2D eigenvalue weighted by atomic mass is 32.2. The minimum Gasteiger partial charge on any atom is -0.336 e. The molecule has 0 unspecified atom stereocenters. The van der Waals surface area contributed by atoms with Crippen LogP contribution in [0.25, 0.3) is 10.9 Å². The predicted octanol–water partition coefficient (Wildman–Crippen LogP) is 3.92. The number of nitrogens with one attached hydrogen (secondary N) is 1. The van der Waals surface area contributed by atoms with Crippen LogP contribution in [-0.4, -0.2) is 18.9 Å². The van der Waals surface area contributed by atoms with Gasteiger partial charge in [-0.05, 0) is 55.0 Å². The van der Waals surface area contributed by atoms with Crippen LogP contribution < -0.4 is 10.7 Å². The number of pyridine rings is 1. The topological polar surface area (TPSA) is 85.2 Å². The smallest absolute Gasteiger partial charge is 0.244 e. The van der Waals surface area contributed by atoms with E-state index in [1.165, 1.54) is 16.8 Å². The maximum absolute atomic E-state index is 13.3. The lowest BCUT2D eigenvalue weighted by Crippen LogP contribution is -2.24. The number of hydrogen-bond acceptors (Lipinski definition) is 4. The van der Waals surface area contributed by atoms with Crippen LogP contribution in [0.5, 0.6) is 0 Å². The molecule has 4 aromatic rings. The van der Waals surface area contributed by atoms with Gasteiger partial charge in [0.1, 0.15) is 17.3 Å². The second kappa shape index (κ2) is 8.39. The molecule has 32 heavy (non-hydrogen) atoms. The van der Waals surface area contributed by atoms with Gasteiger partial charge < -0.3 is 9.88 Å². The van der Waals surface area contributed by atoms with Gasteiger partial charge in [0.05, 0.1) is 10.4 Å². The zero-order valence-corrected chi connectivity index (χ0v) is 17.9. The molecule has 4 rings (SSSR count). The first-order chi connectivity index (χ1) is 15.3. The Bertz CT molecular complexity index is 1490. The van der Waals surface area contributed by atoms with Gasteiger partial charge in [0.15, 0.2) is 0 Å². The zero-order chi connectivity index (χ0) is 22.9. The summed E-state index contributed by atoms with van der Waals surface area (Å²) in [6.07, 6.45) is 1.17. The van der Waals surface area contributed by atoms with E-state index >= 15 is 0 Å². The van der Waals surface area contributed by atoms with Crippen molar-refractivity contribution < 1.29 is 17.6 Å². The van der Waals surface area contributed by atoms with Crippen molar-refractivity contribution in [2.24, 2.45) is 0 Å². The lowest BCUT2D eigenvalue weighted by atomic mass is 10.2. The Morgan fingerprint density at radius 1 is 0.969 bits per heavy atom. The number of aryl methyl sites for hydroxylation is 1. The molecule has 0 aliphatic heterocycles. The number of benzene rings is 3. The number of carbonyl (C=O) groups is 1. The zero-order valence-electron chi connectivity index (χ0n) is 17.1. The van der Waals surface area contributed by atoms with Crippen LogP contribution in [0.4, 0.5) is 10.1 Å². The SMILES string of the molecule is Cc1ccccc1NC(=O)Cn1cc(S(=O)(=O)c2ccc(F)cc2)c(=O)c2ccccc21. The lowest BCUT2D eigenvalue weighted by Gasteiger charge is -2.14. The van der Waals surface area contributed by atoms with Crippen molar-refractivity contribution in [3.05, 3.63) is 101 Å². The number of halogens is 1. The number of amides is 1. The van der Waals surface area contributed by atoms with Crippen molar-refractivity contribution in [2.45, 2.75) is 23.3 Å². The van der Waals surface area contributed by atoms with Crippen LogP contribution in [0.15, 0.2) is 93.6 Å². The van der Waals surface area contributed by atoms with E-state index in [1.807, 2.05) is 19.1 Å². The summed E-state index contributed by atoms with van der Waals surface area (Å²) in [4.78, 5) is 25.1. The molecule has 1 N–H and O–H groups in total. The number of hydrogen-bond donors (Lipinski definition) is 1. The molecule has 3 aromatic carbocycles. The number of para-hydroxylation sites is 2. The number of fused-ring (bicyclic) bond motifs is 1. The fraction of sp³-hybridized carbons (Fsp3) is 0.0833. The molecule has 1 aromatic heterocycles. The van der Waals surface area contributed by atoms with E-state index in [0.717, 1.165) is 29.8 Å². The molecule has 0 aliphatic carbocycles. The van der Waals surface area contributed by atoms with Gasteiger partial charge in [-0.1, -0.05) is 30.3 Å². The number of nitrogens with zero attached hydrogens (tertiary/aromatic N) is 1. The van der Waals surface area contributed by atoms with Crippen LogP contribution in [0.2, 0.25) is 0 Å². The summed E-state index contributed by atoms with van der Waals surface area (Å²) in [6.45, 7) is 1.65. The number of carbonyl (C=O) groups excluding carboxylic acids is 1. The van der Waals surface area contributed by atoms with Gasteiger partial charge in [0.25, 0.3) is 0 Å². The number of rotatable bonds is 5. The molecule has 0 bridgehead atoms. The first-order valence-corrected chi connectivity index (χ1v) is 11.2. The molecule has 1 heterocycles. The Morgan fingerprint density at radius 3 is 2.34 bits per heavy atom. The summed E-state index contributed by atoms with van der Waals surface area (Å²) in [5.41, 5.74) is 1.27. The molecule has 0 aliphatic rings. The summed E-state index contributed by atoms with van der Waals surface area (Å²) >= 11 is 0. The van der Waals surface area contributed by atoms with Crippen LogP contribution in [0.1, 0.15) is 5.56 Å². The Labute approximate surface area is 183 Å². The molecule has 0 saturated carbocycles. The van der Waals surface area contributed by atoms with Crippen molar-refractivity contribution >= 4 is 32.3 Å². The van der Waals surface area contributed by atoms with Crippen molar-refractivity contribution in [1.29, 1.82) is 0 Å². The molecule has 0 spiro atoms. The third-order valence-electron chi connectivity index (χ3n) is 5.10. The highest BCUT2D eigenvalue weighted by Crippen LogP contribution is 2.22. The Kier molecular flexibility index (Phi) is 5.63. The fourth-order valence-corrected chi connectivity index (χ4v) is 4.81. The van der Waals surface area contributed by atoms with Crippen molar-refractivity contribution in [2.75, 3.05) is 5.32 Å². The fourth-order valence-electron chi connectivity index (χ4n) is 3.44. The summed E-state index contributed by atoms with van der Waals surface area (Å²) in [5, 5.41) is 2.97. The molecule has 0 fully saturated rings. The van der Waals surface area contributed by atoms with Crippen LogP contribution in [0.3, 0.4) is 0 Å². The maximum atomic E-state index is 13.3. The van der Waals surface area contributed by atoms with E-state index in [4.69, 9.17) is 0 Å². The van der Waals surface area contributed by atoms with E-state index < -0.39 is 26.0 Å². The Hall–Kier alpha value is -3.78. The molecule has 0 saturated heterocycles. The average Bonchev–Trinajstić information content (AvgIpc) is 2.77. The summed E-state index contributed by atoms with van der Waals surface area (Å²) in [6, 6.07) is 18.0. The van der Waals surface area contributed by atoms with Gasteiger partial charge >= 0.3 is 0 Å². The minimum atomic E-state index is -4.23. The maximum Gasteiger partial charge on any atom is 0.244 e. The quantitative estimate of drug-likeness (QED) is 0.467. The van der Waals surface area contributed by atoms with Gasteiger partial charge in [-0.15, -0.1) is 0 Å². The molecule has 0 radical (unpaired) electrons. The molecule has 0 atom stereocenters. The van der Waals surface area contributed by atoms with Crippen LogP contribution in [0, 0.1) is 12.7 Å². The largest absolute Gasteiger partial charge is 0.336 e. The summed E-state index contributed by atoms with van der Waals surface area (Å²) in [7, 11) is -4.23. The lowest BCUT2D eigenvalue weighted by molar-refractivity contribution is -0.116. The molecule has 1 amide bonds. The van der Waals surface area contributed by atoms with E-state index in [2.05, 4.69) is 5.32 Å². The standard InChI is InChI=1S/C24H19FN2O4S/c1-16-6-2-4-8-20(16)26-23(28)15-27-14-22(24(29)19-7-3-5-9-21(19)27)32(30,31)18-12-10-17(25)11-13-18/h2-14H,15H2,1H3,(H,26,28). The monoisotopic (exact) mass is 450 g/mol. The van der Waals surface area contributed by atoms with Crippen molar-refractivity contribution in [1.82, 2.24) is 4.57 Å². The third-order valence-corrected chi connectivity index (χ3v) is 6.86. The van der Waals surface area contributed by atoms with Gasteiger partial charge in [-0.3, -0.25) is 9.59 Å². The van der Waals surface area contributed by atoms with E-state index in [9.17, 15) is 22.4 Å². The second-order valence-electron chi connectivity index (χ2n) is 7.29. The van der Waals surface area contributed by atoms with Gasteiger partial charge in [-0.2, -0.15) is 0 Å². The van der Waals surface area contributed by atoms with E-state index in [1.54, 1.807) is 30.3 Å². The molecular formula is C24H19FN2O4S. The average molecular weight is 450 g/mol. The molecule has 8 heteroatoms. The summed E-state index contributed by atoms with van der Waals surface area (Å²) in [5.74, 6) is -0.967. The number of anilines is 1.